The second-order valence-electron chi connectivity index (χ2n) is 8.44. The summed E-state index contributed by atoms with van der Waals surface area (Å²) < 4.78 is 31.7. The first-order chi connectivity index (χ1) is 14.5. The van der Waals surface area contributed by atoms with Crippen LogP contribution in [0.4, 0.5) is 0 Å². The summed E-state index contributed by atoms with van der Waals surface area (Å²) in [5.74, 6) is 0.827. The monoisotopic (exact) mass is 435 g/mol. The largest absolute Gasteiger partial charge is 0.373 e. The third kappa shape index (κ3) is 4.80. The Bertz CT molecular complexity index is 847. The lowest BCUT2D eigenvalue weighted by molar-refractivity contribution is -0.0502. The topological polar surface area (TPSA) is 77.5 Å². The van der Waals surface area contributed by atoms with Crippen LogP contribution in [0, 0.1) is 0 Å². The molecule has 3 aliphatic heterocycles. The lowest BCUT2D eigenvalue weighted by Gasteiger charge is -2.36. The zero-order chi connectivity index (χ0) is 21.1. The average Bonchev–Trinajstić information content (AvgIpc) is 3.37. The molecule has 3 aliphatic rings. The Morgan fingerprint density at radius 2 is 2.03 bits per heavy atom. The predicted octanol–water partition coefficient (Wildman–Crippen LogP) is 0.571. The number of rotatable bonds is 5. The standard InChI is InChI=1S/C21H33N5O3S/c1-22-21(23-13-18-9-6-10-26(18)30(2,27)28)25-15-19-20(16-25)29-12-11-24(19)14-17-7-4-3-5-8-17/h3-5,7-8,18-20H,6,9-16H2,1-2H3,(H,22,23)/t18-,19?,20?/m1/s1. The summed E-state index contributed by atoms with van der Waals surface area (Å²) in [6.07, 6.45) is 3.26. The van der Waals surface area contributed by atoms with E-state index in [1.165, 1.54) is 11.8 Å². The van der Waals surface area contributed by atoms with E-state index in [4.69, 9.17) is 4.74 Å². The van der Waals surface area contributed by atoms with Gasteiger partial charge in [0, 0.05) is 52.4 Å². The van der Waals surface area contributed by atoms with Gasteiger partial charge in [-0.25, -0.2) is 8.42 Å². The molecule has 0 radical (unpaired) electrons. The molecule has 8 nitrogen and oxygen atoms in total. The molecule has 0 bridgehead atoms. The van der Waals surface area contributed by atoms with Crippen molar-refractivity contribution in [2.75, 3.05) is 52.6 Å². The molecule has 0 saturated carbocycles. The molecule has 1 N–H and O–H groups in total. The van der Waals surface area contributed by atoms with Gasteiger partial charge in [0.05, 0.1) is 25.0 Å². The minimum atomic E-state index is -3.17. The van der Waals surface area contributed by atoms with Crippen LogP contribution in [-0.2, 0) is 21.3 Å². The zero-order valence-corrected chi connectivity index (χ0v) is 18.7. The number of likely N-dealkylation sites (tertiary alicyclic amines) is 1. The summed E-state index contributed by atoms with van der Waals surface area (Å²) in [5.41, 5.74) is 1.32. The van der Waals surface area contributed by atoms with Crippen molar-refractivity contribution in [3.63, 3.8) is 0 Å². The van der Waals surface area contributed by atoms with Crippen LogP contribution in [0.15, 0.2) is 35.3 Å². The highest BCUT2D eigenvalue weighted by molar-refractivity contribution is 7.88. The van der Waals surface area contributed by atoms with E-state index in [0.29, 0.717) is 19.1 Å². The van der Waals surface area contributed by atoms with Crippen LogP contribution in [0.2, 0.25) is 0 Å². The predicted molar refractivity (Wildman–Crippen MR) is 118 cm³/mol. The number of ether oxygens (including phenoxy) is 1. The van der Waals surface area contributed by atoms with Crippen LogP contribution < -0.4 is 5.32 Å². The van der Waals surface area contributed by atoms with Crippen LogP contribution in [0.1, 0.15) is 18.4 Å². The van der Waals surface area contributed by atoms with Crippen molar-refractivity contribution >= 4 is 16.0 Å². The molecule has 4 rings (SSSR count). The molecule has 0 aromatic heterocycles. The summed E-state index contributed by atoms with van der Waals surface area (Å²) in [5, 5.41) is 3.43. The molecule has 3 saturated heterocycles. The number of hydrogen-bond donors (Lipinski definition) is 1. The number of benzene rings is 1. The minimum Gasteiger partial charge on any atom is -0.373 e. The van der Waals surface area contributed by atoms with Gasteiger partial charge in [0.25, 0.3) is 0 Å². The zero-order valence-electron chi connectivity index (χ0n) is 17.9. The van der Waals surface area contributed by atoms with E-state index in [-0.39, 0.29) is 12.1 Å². The van der Waals surface area contributed by atoms with E-state index in [1.807, 2.05) is 6.07 Å². The maximum absolute atomic E-state index is 12.0. The smallest absolute Gasteiger partial charge is 0.211 e. The van der Waals surface area contributed by atoms with E-state index in [9.17, 15) is 8.42 Å². The van der Waals surface area contributed by atoms with Gasteiger partial charge in [0.1, 0.15) is 0 Å². The second-order valence-corrected chi connectivity index (χ2v) is 10.4. The quantitative estimate of drug-likeness (QED) is 0.538. The highest BCUT2D eigenvalue weighted by Crippen LogP contribution is 2.25. The summed E-state index contributed by atoms with van der Waals surface area (Å²) >= 11 is 0. The van der Waals surface area contributed by atoms with Crippen molar-refractivity contribution in [1.29, 1.82) is 0 Å². The fourth-order valence-electron chi connectivity index (χ4n) is 4.94. The van der Waals surface area contributed by atoms with E-state index in [2.05, 4.69) is 44.4 Å². The average molecular weight is 436 g/mol. The molecule has 1 aromatic carbocycles. The number of guanidine groups is 1. The molecule has 0 amide bonds. The van der Waals surface area contributed by atoms with Crippen molar-refractivity contribution in [1.82, 2.24) is 19.4 Å². The number of hydrogen-bond acceptors (Lipinski definition) is 5. The van der Waals surface area contributed by atoms with Crippen LogP contribution in [-0.4, -0.2) is 99.3 Å². The fourth-order valence-corrected chi connectivity index (χ4v) is 6.12. The lowest BCUT2D eigenvalue weighted by Crippen LogP contribution is -2.50. The van der Waals surface area contributed by atoms with Gasteiger partial charge in [0.2, 0.25) is 10.0 Å². The van der Waals surface area contributed by atoms with Crippen LogP contribution in [0.5, 0.6) is 0 Å². The number of morpholine rings is 1. The molecule has 0 spiro atoms. The highest BCUT2D eigenvalue weighted by atomic mass is 32.2. The van der Waals surface area contributed by atoms with Gasteiger partial charge in [-0.15, -0.1) is 0 Å². The number of nitrogens with zero attached hydrogens (tertiary/aromatic N) is 4. The molecular weight excluding hydrogens is 402 g/mol. The number of aliphatic imine (C=N–C) groups is 1. The van der Waals surface area contributed by atoms with Gasteiger partial charge in [-0.2, -0.15) is 4.31 Å². The highest BCUT2D eigenvalue weighted by Gasteiger charge is 2.41. The summed E-state index contributed by atoms with van der Waals surface area (Å²) in [6.45, 7) is 5.46. The van der Waals surface area contributed by atoms with Crippen LogP contribution >= 0.6 is 0 Å². The first-order valence-electron chi connectivity index (χ1n) is 10.8. The second kappa shape index (κ2) is 9.21. The summed E-state index contributed by atoms with van der Waals surface area (Å²) in [6, 6.07) is 10.9. The fraction of sp³-hybridized carbons (Fsp3) is 0.667. The Labute approximate surface area is 179 Å². The van der Waals surface area contributed by atoms with Gasteiger partial charge in [0.15, 0.2) is 5.96 Å². The van der Waals surface area contributed by atoms with E-state index in [1.54, 1.807) is 11.4 Å². The summed E-state index contributed by atoms with van der Waals surface area (Å²) in [7, 11) is -1.38. The first kappa shape index (κ1) is 21.5. The molecule has 3 fully saturated rings. The van der Waals surface area contributed by atoms with Crippen molar-refractivity contribution in [3.8, 4) is 0 Å². The Kier molecular flexibility index (Phi) is 6.62. The Hall–Kier alpha value is -1.68. The molecule has 30 heavy (non-hydrogen) atoms. The Balaban J connectivity index is 1.37. The molecule has 0 aliphatic carbocycles. The van der Waals surface area contributed by atoms with Crippen LogP contribution in [0.25, 0.3) is 0 Å². The van der Waals surface area contributed by atoms with Crippen molar-refractivity contribution in [2.24, 2.45) is 4.99 Å². The molecular formula is C21H33N5O3S. The minimum absolute atomic E-state index is 0.00698. The van der Waals surface area contributed by atoms with Gasteiger partial charge >= 0.3 is 0 Å². The lowest BCUT2D eigenvalue weighted by atomic mass is 10.1. The van der Waals surface area contributed by atoms with Gasteiger partial charge < -0.3 is 15.0 Å². The van der Waals surface area contributed by atoms with E-state index < -0.39 is 10.0 Å². The maximum Gasteiger partial charge on any atom is 0.211 e. The molecule has 9 heteroatoms. The number of nitrogens with one attached hydrogen (secondary N) is 1. The molecule has 3 heterocycles. The van der Waals surface area contributed by atoms with Crippen LogP contribution in [0.3, 0.4) is 0 Å². The molecule has 166 valence electrons. The van der Waals surface area contributed by atoms with Gasteiger partial charge in [-0.3, -0.25) is 9.89 Å². The van der Waals surface area contributed by atoms with Crippen molar-refractivity contribution in [3.05, 3.63) is 35.9 Å². The Morgan fingerprint density at radius 1 is 1.23 bits per heavy atom. The normalized spacial score (nSPS) is 28.7. The number of sulfonamides is 1. The third-order valence-corrected chi connectivity index (χ3v) is 7.73. The molecule has 3 atom stereocenters. The van der Waals surface area contributed by atoms with Crippen molar-refractivity contribution < 1.29 is 13.2 Å². The van der Waals surface area contributed by atoms with Crippen molar-refractivity contribution in [2.45, 2.75) is 37.6 Å². The first-order valence-corrected chi connectivity index (χ1v) is 12.6. The molecule has 2 unspecified atom stereocenters. The van der Waals surface area contributed by atoms with E-state index >= 15 is 0 Å². The Morgan fingerprint density at radius 3 is 2.77 bits per heavy atom. The van der Waals surface area contributed by atoms with E-state index in [0.717, 1.165) is 51.6 Å². The van der Waals surface area contributed by atoms with Gasteiger partial charge in [-0.1, -0.05) is 30.3 Å². The van der Waals surface area contributed by atoms with Gasteiger partial charge in [-0.05, 0) is 18.4 Å². The third-order valence-electron chi connectivity index (χ3n) is 6.40. The SMILES string of the molecule is CN=C(NC[C@H]1CCCN1S(C)(=O)=O)N1CC2OCCN(Cc3ccccc3)C2C1. The number of fused-ring (bicyclic) bond motifs is 1. The summed E-state index contributed by atoms with van der Waals surface area (Å²) in [4.78, 5) is 9.24. The molecule has 1 aromatic rings. The maximum atomic E-state index is 12.0.